The quantitative estimate of drug-likeness (QED) is 0.630. The highest BCUT2D eigenvalue weighted by Gasteiger charge is 2.33. The number of unbranched alkanes of at least 4 members (excludes halogenated alkanes) is 2. The van der Waals surface area contributed by atoms with Gasteiger partial charge in [-0.05, 0) is 39.5 Å². The van der Waals surface area contributed by atoms with Gasteiger partial charge in [0.15, 0.2) is 0 Å². The molecule has 0 aromatic carbocycles. The first kappa shape index (κ1) is 19.6. The van der Waals surface area contributed by atoms with Gasteiger partial charge in [-0.1, -0.05) is 20.3 Å². The molecule has 1 fully saturated rings. The van der Waals surface area contributed by atoms with Gasteiger partial charge in [0.05, 0.1) is 12.2 Å². The van der Waals surface area contributed by atoms with Crippen molar-refractivity contribution in [3.05, 3.63) is 0 Å². The minimum Gasteiger partial charge on any atom is -0.387 e. The molecule has 0 aromatic rings. The van der Waals surface area contributed by atoms with Gasteiger partial charge >= 0.3 is 0 Å². The molecule has 1 N–H and O–H groups in total. The number of rotatable bonds is 10. The Kier molecular flexibility index (Phi) is 8.58. The summed E-state index contributed by atoms with van der Waals surface area (Å²) < 4.78 is 5.67. The van der Waals surface area contributed by atoms with Crippen LogP contribution < -0.4 is 0 Å². The van der Waals surface area contributed by atoms with Crippen molar-refractivity contribution in [2.75, 3.05) is 26.3 Å². The van der Waals surface area contributed by atoms with Gasteiger partial charge in [-0.25, -0.2) is 0 Å². The molecule has 1 aliphatic rings. The molecule has 0 unspecified atom stereocenters. The lowest BCUT2D eigenvalue weighted by Gasteiger charge is -2.39. The Morgan fingerprint density at radius 3 is 2.32 bits per heavy atom. The smallest absolute Gasteiger partial charge is 0.135 e. The molecule has 0 bridgehead atoms. The molecule has 4 nitrogen and oxygen atoms in total. The zero-order chi connectivity index (χ0) is 16.6. The summed E-state index contributed by atoms with van der Waals surface area (Å²) in [6, 6.07) is 0.555. The third-order valence-electron chi connectivity index (χ3n) is 4.69. The molecule has 0 spiro atoms. The third kappa shape index (κ3) is 7.21. The number of hydrogen-bond donors (Lipinski definition) is 1. The average Bonchev–Trinajstić information content (AvgIpc) is 2.46. The van der Waals surface area contributed by atoms with Crippen LogP contribution in [-0.2, 0) is 9.53 Å². The lowest BCUT2D eigenvalue weighted by Crippen LogP contribution is -2.49. The van der Waals surface area contributed by atoms with Gasteiger partial charge in [0.1, 0.15) is 5.78 Å². The summed E-state index contributed by atoms with van der Waals surface area (Å²) in [6.07, 6.45) is 5.24. The van der Waals surface area contributed by atoms with Crippen molar-refractivity contribution in [3.63, 3.8) is 0 Å². The Balaban J connectivity index is 2.04. The number of carbonyl (C=O) groups excluding carboxylic acids is 1. The number of ether oxygens (including phenoxy) is 1. The number of nitrogens with zero attached hydrogens (tertiary/aromatic N) is 1. The summed E-state index contributed by atoms with van der Waals surface area (Å²) >= 11 is 0. The summed E-state index contributed by atoms with van der Waals surface area (Å²) in [5, 5.41) is 10.5. The summed E-state index contributed by atoms with van der Waals surface area (Å²) in [4.78, 5) is 13.9. The van der Waals surface area contributed by atoms with E-state index in [4.69, 9.17) is 4.74 Å². The van der Waals surface area contributed by atoms with E-state index in [9.17, 15) is 9.90 Å². The lowest BCUT2D eigenvalue weighted by atomic mass is 9.92. The van der Waals surface area contributed by atoms with Crippen molar-refractivity contribution >= 4 is 5.78 Å². The predicted octanol–water partition coefficient (Wildman–Crippen LogP) is 3.02. The maximum absolute atomic E-state index is 11.5. The van der Waals surface area contributed by atoms with Crippen molar-refractivity contribution < 1.29 is 14.6 Å². The molecule has 0 saturated carbocycles. The predicted molar refractivity (Wildman–Crippen MR) is 90.0 cm³/mol. The molecule has 0 amide bonds. The van der Waals surface area contributed by atoms with Crippen LogP contribution in [0.25, 0.3) is 0 Å². The highest BCUT2D eigenvalue weighted by atomic mass is 16.5. The summed E-state index contributed by atoms with van der Waals surface area (Å²) in [5.74, 6) is 0.509. The standard InChI is InChI=1S/C18H35NO3/c1-15(2)17(20)8-6-5-7-13-22-14-18(21)9-11-19(12-10-18)16(3)4/h15-16,21H,5-14H2,1-4H3. The zero-order valence-electron chi connectivity index (χ0n) is 14.9. The first-order valence-corrected chi connectivity index (χ1v) is 8.91. The van der Waals surface area contributed by atoms with Crippen molar-refractivity contribution in [3.8, 4) is 0 Å². The number of Topliss-reactive ketones (excluding diaryl/α,β-unsaturated/α-hetero) is 1. The van der Waals surface area contributed by atoms with Crippen LogP contribution in [0.1, 0.15) is 66.2 Å². The van der Waals surface area contributed by atoms with Crippen LogP contribution >= 0.6 is 0 Å². The van der Waals surface area contributed by atoms with E-state index in [0.29, 0.717) is 31.5 Å². The maximum atomic E-state index is 11.5. The number of hydrogen-bond acceptors (Lipinski definition) is 4. The molecule has 0 aromatic heterocycles. The minimum atomic E-state index is -0.640. The van der Waals surface area contributed by atoms with Gasteiger partial charge in [0.2, 0.25) is 0 Å². The van der Waals surface area contributed by atoms with Crippen molar-refractivity contribution in [2.24, 2.45) is 5.92 Å². The molecular weight excluding hydrogens is 278 g/mol. The molecule has 0 aliphatic carbocycles. The second-order valence-electron chi connectivity index (χ2n) is 7.34. The SMILES string of the molecule is CC(C)C(=O)CCCCCOCC1(O)CCN(C(C)C)CC1. The van der Waals surface area contributed by atoms with Crippen LogP contribution in [0, 0.1) is 5.92 Å². The molecule has 0 atom stereocenters. The molecule has 22 heavy (non-hydrogen) atoms. The van der Waals surface area contributed by atoms with Crippen LogP contribution in [0.3, 0.4) is 0 Å². The van der Waals surface area contributed by atoms with Gasteiger partial charge in [-0.15, -0.1) is 0 Å². The third-order valence-corrected chi connectivity index (χ3v) is 4.69. The maximum Gasteiger partial charge on any atom is 0.135 e. The van der Waals surface area contributed by atoms with E-state index < -0.39 is 5.60 Å². The van der Waals surface area contributed by atoms with Crippen LogP contribution in [0.4, 0.5) is 0 Å². The molecule has 130 valence electrons. The van der Waals surface area contributed by atoms with Gasteiger partial charge < -0.3 is 14.7 Å². The highest BCUT2D eigenvalue weighted by molar-refractivity contribution is 5.80. The van der Waals surface area contributed by atoms with Crippen molar-refractivity contribution in [1.82, 2.24) is 4.90 Å². The van der Waals surface area contributed by atoms with Gasteiger partial charge in [-0.3, -0.25) is 4.79 Å². The van der Waals surface area contributed by atoms with Crippen LogP contribution in [0.2, 0.25) is 0 Å². The Hall–Kier alpha value is -0.450. The monoisotopic (exact) mass is 313 g/mol. The number of piperidine rings is 1. The average molecular weight is 313 g/mol. The lowest BCUT2D eigenvalue weighted by molar-refractivity contribution is -0.122. The molecular formula is C18H35NO3. The summed E-state index contributed by atoms with van der Waals surface area (Å²) in [6.45, 7) is 11.4. The van der Waals surface area contributed by atoms with Crippen LogP contribution in [0.5, 0.6) is 0 Å². The Morgan fingerprint density at radius 2 is 1.77 bits per heavy atom. The second-order valence-corrected chi connectivity index (χ2v) is 7.34. The summed E-state index contributed by atoms with van der Waals surface area (Å²) in [5.41, 5.74) is -0.640. The van der Waals surface area contributed by atoms with Gasteiger partial charge in [0, 0.05) is 38.1 Å². The number of ketones is 1. The van der Waals surface area contributed by atoms with Gasteiger partial charge in [0.25, 0.3) is 0 Å². The van der Waals surface area contributed by atoms with E-state index in [2.05, 4.69) is 18.7 Å². The summed E-state index contributed by atoms with van der Waals surface area (Å²) in [7, 11) is 0. The minimum absolute atomic E-state index is 0.155. The van der Waals surface area contributed by atoms with E-state index in [1.807, 2.05) is 13.8 Å². The highest BCUT2D eigenvalue weighted by Crippen LogP contribution is 2.23. The molecule has 0 radical (unpaired) electrons. The number of likely N-dealkylation sites (tertiary alicyclic amines) is 1. The largest absolute Gasteiger partial charge is 0.387 e. The number of aliphatic hydroxyl groups is 1. The van der Waals surface area contributed by atoms with Crippen molar-refractivity contribution in [2.45, 2.75) is 77.9 Å². The molecule has 1 heterocycles. The Morgan fingerprint density at radius 1 is 1.14 bits per heavy atom. The molecule has 1 aliphatic heterocycles. The van der Waals surface area contributed by atoms with E-state index in [0.717, 1.165) is 45.2 Å². The van der Waals surface area contributed by atoms with Gasteiger partial charge in [-0.2, -0.15) is 0 Å². The molecule has 4 heteroatoms. The fraction of sp³-hybridized carbons (Fsp3) is 0.944. The fourth-order valence-electron chi connectivity index (χ4n) is 2.83. The number of carbonyl (C=O) groups is 1. The normalized spacial score (nSPS) is 19.0. The second kappa shape index (κ2) is 9.64. The van der Waals surface area contributed by atoms with Crippen LogP contribution in [0.15, 0.2) is 0 Å². The van der Waals surface area contributed by atoms with Crippen molar-refractivity contribution in [1.29, 1.82) is 0 Å². The van der Waals surface area contributed by atoms with E-state index in [1.54, 1.807) is 0 Å². The van der Waals surface area contributed by atoms with E-state index in [-0.39, 0.29) is 5.92 Å². The Labute approximate surface area is 136 Å². The van der Waals surface area contributed by atoms with E-state index >= 15 is 0 Å². The molecule has 1 rings (SSSR count). The fourth-order valence-corrected chi connectivity index (χ4v) is 2.83. The zero-order valence-corrected chi connectivity index (χ0v) is 14.9. The molecule has 1 saturated heterocycles. The van der Waals surface area contributed by atoms with E-state index in [1.165, 1.54) is 0 Å². The topological polar surface area (TPSA) is 49.8 Å². The first-order valence-electron chi connectivity index (χ1n) is 8.91. The van der Waals surface area contributed by atoms with Crippen LogP contribution in [-0.4, -0.2) is 53.7 Å². The Bertz CT molecular complexity index is 320. The first-order chi connectivity index (χ1) is 10.3.